The topological polar surface area (TPSA) is 62.9 Å². The standard InChI is InChI=1S/C13H18F3NO4/c1-7(17)12(13(14,15)16)21-8-5-9(18-2)11(20-4)10(6-8)19-3/h5-7,12H,17H2,1-4H3. The van der Waals surface area contributed by atoms with Gasteiger partial charge < -0.3 is 24.7 Å². The lowest BCUT2D eigenvalue weighted by atomic mass is 10.2. The van der Waals surface area contributed by atoms with Crippen LogP contribution >= 0.6 is 0 Å². The number of benzene rings is 1. The Bertz CT molecular complexity index is 452. The zero-order valence-corrected chi connectivity index (χ0v) is 12.2. The lowest BCUT2D eigenvalue weighted by Gasteiger charge is -2.25. The first-order valence-corrected chi connectivity index (χ1v) is 6.03. The lowest BCUT2D eigenvalue weighted by molar-refractivity contribution is -0.199. The fourth-order valence-electron chi connectivity index (χ4n) is 1.74. The van der Waals surface area contributed by atoms with Crippen molar-refractivity contribution >= 4 is 0 Å². The number of alkyl halides is 3. The summed E-state index contributed by atoms with van der Waals surface area (Å²) in [6.07, 6.45) is -6.73. The maximum absolute atomic E-state index is 12.9. The summed E-state index contributed by atoms with van der Waals surface area (Å²) < 4.78 is 58.8. The molecule has 120 valence electrons. The first-order chi connectivity index (χ1) is 9.74. The van der Waals surface area contributed by atoms with Crippen LogP contribution in [0.1, 0.15) is 6.92 Å². The average Bonchev–Trinajstić information content (AvgIpc) is 2.41. The maximum Gasteiger partial charge on any atom is 0.426 e. The molecule has 0 heterocycles. The highest BCUT2D eigenvalue weighted by Gasteiger charge is 2.44. The molecule has 0 aromatic heterocycles. The second kappa shape index (κ2) is 6.75. The third kappa shape index (κ3) is 4.07. The van der Waals surface area contributed by atoms with Gasteiger partial charge in [0.25, 0.3) is 0 Å². The second-order valence-electron chi connectivity index (χ2n) is 4.30. The van der Waals surface area contributed by atoms with Crippen molar-refractivity contribution in [3.05, 3.63) is 12.1 Å². The Balaban J connectivity index is 3.19. The van der Waals surface area contributed by atoms with Crippen LogP contribution in [0.2, 0.25) is 0 Å². The molecule has 0 saturated heterocycles. The van der Waals surface area contributed by atoms with Gasteiger partial charge in [-0.1, -0.05) is 0 Å². The third-order valence-corrected chi connectivity index (χ3v) is 2.70. The summed E-state index contributed by atoms with van der Waals surface area (Å²) in [5.74, 6) is 0.565. The highest BCUT2D eigenvalue weighted by atomic mass is 19.4. The Morgan fingerprint density at radius 1 is 1.00 bits per heavy atom. The van der Waals surface area contributed by atoms with Crippen LogP contribution in [-0.4, -0.2) is 39.7 Å². The molecule has 0 radical (unpaired) electrons. The normalized spacial score (nSPS) is 14.3. The van der Waals surface area contributed by atoms with Gasteiger partial charge >= 0.3 is 6.18 Å². The van der Waals surface area contributed by atoms with Gasteiger partial charge in [-0.05, 0) is 6.92 Å². The number of nitrogens with two attached hydrogens (primary N) is 1. The van der Waals surface area contributed by atoms with Gasteiger partial charge in [-0.15, -0.1) is 0 Å². The minimum atomic E-state index is -4.59. The molecule has 2 unspecified atom stereocenters. The van der Waals surface area contributed by atoms with E-state index in [4.69, 9.17) is 24.7 Å². The van der Waals surface area contributed by atoms with E-state index in [0.717, 1.165) is 0 Å². The number of rotatable bonds is 6. The molecule has 21 heavy (non-hydrogen) atoms. The van der Waals surface area contributed by atoms with Gasteiger partial charge in [-0.2, -0.15) is 13.2 Å². The highest BCUT2D eigenvalue weighted by Crippen LogP contribution is 2.41. The maximum atomic E-state index is 12.9. The van der Waals surface area contributed by atoms with Gasteiger partial charge in [0.15, 0.2) is 11.5 Å². The van der Waals surface area contributed by atoms with Gasteiger partial charge in [0, 0.05) is 18.2 Å². The number of hydrogen-bond acceptors (Lipinski definition) is 5. The molecule has 0 fully saturated rings. The van der Waals surface area contributed by atoms with Crippen LogP contribution in [-0.2, 0) is 0 Å². The fraction of sp³-hybridized carbons (Fsp3) is 0.538. The Morgan fingerprint density at radius 2 is 1.48 bits per heavy atom. The van der Waals surface area contributed by atoms with Crippen molar-refractivity contribution in [2.24, 2.45) is 5.73 Å². The monoisotopic (exact) mass is 309 g/mol. The minimum absolute atomic E-state index is 0.0795. The van der Waals surface area contributed by atoms with Crippen molar-refractivity contribution in [2.45, 2.75) is 25.2 Å². The van der Waals surface area contributed by atoms with E-state index in [1.807, 2.05) is 0 Å². The summed E-state index contributed by atoms with van der Waals surface area (Å²) in [6.45, 7) is 1.22. The Kier molecular flexibility index (Phi) is 5.54. The summed E-state index contributed by atoms with van der Waals surface area (Å²) >= 11 is 0. The molecule has 0 aliphatic rings. The predicted octanol–water partition coefficient (Wildman–Crippen LogP) is 2.37. The zero-order valence-electron chi connectivity index (χ0n) is 12.2. The largest absolute Gasteiger partial charge is 0.493 e. The van der Waals surface area contributed by atoms with E-state index >= 15 is 0 Å². The first-order valence-electron chi connectivity index (χ1n) is 6.03. The fourth-order valence-corrected chi connectivity index (χ4v) is 1.74. The molecule has 5 nitrogen and oxygen atoms in total. The van der Waals surface area contributed by atoms with E-state index in [1.54, 1.807) is 0 Å². The van der Waals surface area contributed by atoms with Crippen molar-refractivity contribution in [3.8, 4) is 23.0 Å². The molecule has 1 rings (SSSR count). The molecular weight excluding hydrogens is 291 g/mol. The van der Waals surface area contributed by atoms with E-state index in [-0.39, 0.29) is 23.0 Å². The van der Waals surface area contributed by atoms with Crippen LogP contribution in [0.5, 0.6) is 23.0 Å². The van der Waals surface area contributed by atoms with Gasteiger partial charge in [0.2, 0.25) is 11.9 Å². The van der Waals surface area contributed by atoms with Crippen LogP contribution < -0.4 is 24.7 Å². The summed E-state index contributed by atoms with van der Waals surface area (Å²) in [5, 5.41) is 0. The Labute approximate surface area is 120 Å². The molecule has 0 spiro atoms. The van der Waals surface area contributed by atoms with Gasteiger partial charge in [0.05, 0.1) is 21.3 Å². The van der Waals surface area contributed by atoms with E-state index in [0.29, 0.717) is 0 Å². The summed E-state index contributed by atoms with van der Waals surface area (Å²) in [4.78, 5) is 0. The Morgan fingerprint density at radius 3 is 1.76 bits per heavy atom. The molecule has 2 N–H and O–H groups in total. The second-order valence-corrected chi connectivity index (χ2v) is 4.30. The van der Waals surface area contributed by atoms with Crippen molar-refractivity contribution in [3.63, 3.8) is 0 Å². The number of hydrogen-bond donors (Lipinski definition) is 1. The van der Waals surface area contributed by atoms with Crippen molar-refractivity contribution < 1.29 is 32.1 Å². The zero-order chi connectivity index (χ0) is 16.2. The van der Waals surface area contributed by atoms with E-state index in [9.17, 15) is 13.2 Å². The van der Waals surface area contributed by atoms with Crippen molar-refractivity contribution in [1.82, 2.24) is 0 Å². The smallest absolute Gasteiger partial charge is 0.426 e. The molecular formula is C13H18F3NO4. The van der Waals surface area contributed by atoms with E-state index in [1.165, 1.54) is 40.4 Å². The van der Waals surface area contributed by atoms with Crippen LogP contribution in [0.25, 0.3) is 0 Å². The van der Waals surface area contributed by atoms with Crippen LogP contribution in [0.15, 0.2) is 12.1 Å². The SMILES string of the molecule is COc1cc(OC(C(C)N)C(F)(F)F)cc(OC)c1OC. The summed E-state index contributed by atoms with van der Waals surface area (Å²) in [6, 6.07) is 1.33. The molecule has 8 heteroatoms. The lowest BCUT2D eigenvalue weighted by Crippen LogP contribution is -2.47. The molecule has 0 amide bonds. The minimum Gasteiger partial charge on any atom is -0.493 e. The molecule has 0 aliphatic heterocycles. The number of ether oxygens (including phenoxy) is 4. The van der Waals surface area contributed by atoms with Crippen molar-refractivity contribution in [2.75, 3.05) is 21.3 Å². The molecule has 0 bridgehead atoms. The molecule has 1 aromatic rings. The quantitative estimate of drug-likeness (QED) is 0.874. The average molecular weight is 309 g/mol. The van der Waals surface area contributed by atoms with E-state index < -0.39 is 18.3 Å². The first kappa shape index (κ1) is 17.2. The Hall–Kier alpha value is -1.83. The molecule has 0 saturated carbocycles. The van der Waals surface area contributed by atoms with Crippen LogP contribution in [0.3, 0.4) is 0 Å². The van der Waals surface area contributed by atoms with Gasteiger partial charge in [0.1, 0.15) is 5.75 Å². The predicted molar refractivity (Wildman–Crippen MR) is 70.2 cm³/mol. The molecule has 2 atom stereocenters. The van der Waals surface area contributed by atoms with Crippen LogP contribution in [0, 0.1) is 0 Å². The summed E-state index contributed by atoms with van der Waals surface area (Å²) in [7, 11) is 4.10. The molecule has 1 aromatic carbocycles. The van der Waals surface area contributed by atoms with Crippen molar-refractivity contribution in [1.29, 1.82) is 0 Å². The van der Waals surface area contributed by atoms with Crippen LogP contribution in [0.4, 0.5) is 13.2 Å². The van der Waals surface area contributed by atoms with E-state index in [2.05, 4.69) is 0 Å². The number of methoxy groups -OCH3 is 3. The highest BCUT2D eigenvalue weighted by molar-refractivity contribution is 5.55. The summed E-state index contributed by atoms with van der Waals surface area (Å²) in [5.41, 5.74) is 5.34. The third-order valence-electron chi connectivity index (χ3n) is 2.70. The number of halogens is 3. The molecule has 0 aliphatic carbocycles. The van der Waals surface area contributed by atoms with Gasteiger partial charge in [-0.25, -0.2) is 0 Å². The van der Waals surface area contributed by atoms with Gasteiger partial charge in [-0.3, -0.25) is 0 Å².